The third-order valence-corrected chi connectivity index (χ3v) is 2.04. The monoisotopic (exact) mass is 243 g/mol. The van der Waals surface area contributed by atoms with Gasteiger partial charge in [0, 0.05) is 5.33 Å². The number of halogens is 2. The first-order valence-electron chi connectivity index (χ1n) is 2.18. The van der Waals surface area contributed by atoms with E-state index in [2.05, 4.69) is 31.9 Å². The molecule has 0 saturated carbocycles. The van der Waals surface area contributed by atoms with E-state index in [4.69, 9.17) is 5.73 Å². The Labute approximate surface area is 65.1 Å². The molecular weight excluding hydrogens is 238 g/mol. The molecule has 0 heterocycles. The lowest BCUT2D eigenvalue weighted by molar-refractivity contribution is -0.117. The van der Waals surface area contributed by atoms with E-state index in [-0.39, 0.29) is 10.7 Å². The zero-order valence-corrected chi connectivity index (χ0v) is 7.41. The second-order valence-electron chi connectivity index (χ2n) is 1.35. The Balaban J connectivity index is 3.32. The molecule has 0 aromatic rings. The van der Waals surface area contributed by atoms with Crippen LogP contribution in [0.4, 0.5) is 0 Å². The molecule has 0 aliphatic heterocycles. The average Bonchev–Trinajstić information content (AvgIpc) is 1.67. The molecule has 1 atom stereocenters. The highest BCUT2D eigenvalue weighted by molar-refractivity contribution is 9.10. The van der Waals surface area contributed by atoms with Crippen molar-refractivity contribution in [1.29, 1.82) is 0 Å². The molecule has 0 aromatic carbocycles. The van der Waals surface area contributed by atoms with Crippen molar-refractivity contribution in [2.45, 2.75) is 11.2 Å². The van der Waals surface area contributed by atoms with Gasteiger partial charge in [0.1, 0.15) is 0 Å². The van der Waals surface area contributed by atoms with E-state index >= 15 is 0 Å². The number of primary amides is 1. The molecule has 0 fully saturated rings. The number of hydrogen-bond donors (Lipinski definition) is 1. The second kappa shape index (κ2) is 4.32. The molecule has 0 spiro atoms. The third-order valence-electron chi connectivity index (χ3n) is 0.671. The van der Waals surface area contributed by atoms with Crippen molar-refractivity contribution in [3.05, 3.63) is 0 Å². The summed E-state index contributed by atoms with van der Waals surface area (Å²) in [5.41, 5.74) is 4.92. The van der Waals surface area contributed by atoms with Gasteiger partial charge in [-0.1, -0.05) is 31.9 Å². The smallest absolute Gasteiger partial charge is 0.231 e. The Morgan fingerprint density at radius 3 is 2.38 bits per heavy atom. The number of hydrogen-bond acceptors (Lipinski definition) is 1. The van der Waals surface area contributed by atoms with Crippen molar-refractivity contribution in [1.82, 2.24) is 0 Å². The van der Waals surface area contributed by atoms with Gasteiger partial charge in [-0.2, -0.15) is 0 Å². The fraction of sp³-hybridized carbons (Fsp3) is 0.750. The van der Waals surface area contributed by atoms with Crippen LogP contribution >= 0.6 is 31.9 Å². The van der Waals surface area contributed by atoms with Crippen molar-refractivity contribution in [2.24, 2.45) is 5.73 Å². The van der Waals surface area contributed by atoms with Gasteiger partial charge in [-0.05, 0) is 6.42 Å². The van der Waals surface area contributed by atoms with Gasteiger partial charge >= 0.3 is 0 Å². The van der Waals surface area contributed by atoms with Gasteiger partial charge in [0.05, 0.1) is 4.83 Å². The van der Waals surface area contributed by atoms with Crippen LogP contribution in [-0.2, 0) is 4.79 Å². The largest absolute Gasteiger partial charge is 0.369 e. The lowest BCUT2D eigenvalue weighted by atomic mass is 10.3. The van der Waals surface area contributed by atoms with Gasteiger partial charge in [-0.15, -0.1) is 0 Å². The summed E-state index contributed by atoms with van der Waals surface area (Å²) in [6, 6.07) is 0. The van der Waals surface area contributed by atoms with E-state index in [1.807, 2.05) is 0 Å². The Morgan fingerprint density at radius 1 is 1.75 bits per heavy atom. The van der Waals surface area contributed by atoms with Crippen molar-refractivity contribution in [3.8, 4) is 0 Å². The lowest BCUT2D eigenvalue weighted by Crippen LogP contribution is -2.23. The summed E-state index contributed by atoms with van der Waals surface area (Å²) in [4.78, 5) is 10.1. The summed E-state index contributed by atoms with van der Waals surface area (Å²) < 4.78 is 0. The molecule has 8 heavy (non-hydrogen) atoms. The highest BCUT2D eigenvalue weighted by Crippen LogP contribution is 2.04. The Bertz CT molecular complexity index is 86.1. The van der Waals surface area contributed by atoms with Gasteiger partial charge in [-0.3, -0.25) is 4.79 Å². The fourth-order valence-corrected chi connectivity index (χ4v) is 1.54. The molecule has 0 saturated heterocycles. The van der Waals surface area contributed by atoms with Gasteiger partial charge in [0.15, 0.2) is 0 Å². The van der Waals surface area contributed by atoms with E-state index in [1.165, 1.54) is 0 Å². The molecule has 0 radical (unpaired) electrons. The summed E-state index contributed by atoms with van der Waals surface area (Å²) in [5.74, 6) is -0.301. The summed E-state index contributed by atoms with van der Waals surface area (Å²) in [5, 5.41) is 0.797. The van der Waals surface area contributed by atoms with Gasteiger partial charge in [0.2, 0.25) is 5.91 Å². The maximum atomic E-state index is 10.2. The van der Waals surface area contributed by atoms with Crippen LogP contribution in [0.5, 0.6) is 0 Å². The minimum atomic E-state index is -0.301. The summed E-state index contributed by atoms with van der Waals surface area (Å²) >= 11 is 6.28. The molecule has 0 bridgehead atoms. The zero-order chi connectivity index (χ0) is 6.57. The Kier molecular flexibility index (Phi) is 4.56. The molecule has 2 nitrogen and oxygen atoms in total. The summed E-state index contributed by atoms with van der Waals surface area (Å²) in [6.45, 7) is 0. The van der Waals surface area contributed by atoms with E-state index < -0.39 is 0 Å². The fourth-order valence-electron chi connectivity index (χ4n) is 0.238. The normalized spacial score (nSPS) is 13.2. The number of alkyl halides is 2. The van der Waals surface area contributed by atoms with Crippen LogP contribution in [0.1, 0.15) is 6.42 Å². The van der Waals surface area contributed by atoms with Crippen molar-refractivity contribution < 1.29 is 4.79 Å². The highest BCUT2D eigenvalue weighted by atomic mass is 79.9. The number of amides is 1. The van der Waals surface area contributed by atoms with Crippen LogP contribution in [-0.4, -0.2) is 16.1 Å². The van der Waals surface area contributed by atoms with Crippen LogP contribution in [0.2, 0.25) is 0 Å². The van der Waals surface area contributed by atoms with Crippen LogP contribution < -0.4 is 5.73 Å². The van der Waals surface area contributed by atoms with E-state index in [9.17, 15) is 4.79 Å². The van der Waals surface area contributed by atoms with E-state index in [1.54, 1.807) is 0 Å². The number of carbonyl (C=O) groups is 1. The molecule has 1 amide bonds. The van der Waals surface area contributed by atoms with Crippen molar-refractivity contribution >= 4 is 37.8 Å². The molecule has 48 valence electrons. The number of carbonyl (C=O) groups excluding carboxylic acids is 1. The molecule has 1 unspecified atom stereocenters. The first-order chi connectivity index (χ1) is 3.68. The van der Waals surface area contributed by atoms with Crippen LogP contribution in [0.25, 0.3) is 0 Å². The van der Waals surface area contributed by atoms with Gasteiger partial charge in [0.25, 0.3) is 0 Å². The van der Waals surface area contributed by atoms with Crippen molar-refractivity contribution in [2.75, 3.05) is 5.33 Å². The van der Waals surface area contributed by atoms with Crippen LogP contribution in [0.15, 0.2) is 0 Å². The van der Waals surface area contributed by atoms with Crippen LogP contribution in [0.3, 0.4) is 0 Å². The first-order valence-corrected chi connectivity index (χ1v) is 4.21. The lowest BCUT2D eigenvalue weighted by Gasteiger charge is -1.98. The van der Waals surface area contributed by atoms with E-state index in [0.717, 1.165) is 11.8 Å². The second-order valence-corrected chi connectivity index (χ2v) is 3.25. The molecule has 0 aliphatic rings. The minimum Gasteiger partial charge on any atom is -0.369 e. The molecule has 0 aliphatic carbocycles. The quantitative estimate of drug-likeness (QED) is 0.741. The Hall–Kier alpha value is 0.430. The molecule has 0 rings (SSSR count). The highest BCUT2D eigenvalue weighted by Gasteiger charge is 2.07. The topological polar surface area (TPSA) is 43.1 Å². The van der Waals surface area contributed by atoms with E-state index in [0.29, 0.717) is 0 Å². The number of rotatable bonds is 3. The maximum Gasteiger partial charge on any atom is 0.231 e. The SMILES string of the molecule is NC(=O)C(Br)CCBr. The van der Waals surface area contributed by atoms with Crippen LogP contribution in [0, 0.1) is 0 Å². The van der Waals surface area contributed by atoms with Gasteiger partial charge < -0.3 is 5.73 Å². The van der Waals surface area contributed by atoms with Gasteiger partial charge in [-0.25, -0.2) is 0 Å². The molecule has 4 heteroatoms. The molecular formula is C4H7Br2NO. The molecule has 2 N–H and O–H groups in total. The zero-order valence-electron chi connectivity index (χ0n) is 4.23. The minimum absolute atomic E-state index is 0.179. The Morgan fingerprint density at radius 2 is 2.25 bits per heavy atom. The summed E-state index contributed by atoms with van der Waals surface area (Å²) in [7, 11) is 0. The standard InChI is InChI=1S/C4H7Br2NO/c5-2-1-3(6)4(7)8/h3H,1-2H2,(H2,7,8). The predicted molar refractivity (Wildman–Crippen MR) is 40.3 cm³/mol. The van der Waals surface area contributed by atoms with Crippen molar-refractivity contribution in [3.63, 3.8) is 0 Å². The summed E-state index contributed by atoms with van der Waals surface area (Å²) in [6.07, 6.45) is 0.745. The first kappa shape index (κ1) is 8.43. The average molecular weight is 245 g/mol. The predicted octanol–water partition coefficient (Wildman–Crippen LogP) is 1.02. The third kappa shape index (κ3) is 3.43. The number of nitrogens with two attached hydrogens (primary N) is 1. The maximum absolute atomic E-state index is 10.2. The molecule has 0 aromatic heterocycles.